The minimum Gasteiger partial charge on any atom is -0.491 e. The van der Waals surface area contributed by atoms with Crippen LogP contribution in [0.1, 0.15) is 16.7 Å². The van der Waals surface area contributed by atoms with Crippen molar-refractivity contribution in [3.63, 3.8) is 0 Å². The lowest BCUT2D eigenvalue weighted by Crippen LogP contribution is -2.26. The maximum atomic E-state index is 11.8. The van der Waals surface area contributed by atoms with Gasteiger partial charge in [-0.05, 0) is 54.8 Å². The van der Waals surface area contributed by atoms with Crippen LogP contribution in [0.15, 0.2) is 48.5 Å². The molecule has 25 heavy (non-hydrogen) atoms. The van der Waals surface area contributed by atoms with Gasteiger partial charge in [-0.2, -0.15) is 0 Å². The Labute approximate surface area is 146 Å². The maximum absolute atomic E-state index is 11.8. The first-order chi connectivity index (χ1) is 12.0. The molecule has 1 amide bonds. The van der Waals surface area contributed by atoms with E-state index >= 15 is 0 Å². The zero-order valence-electron chi connectivity index (χ0n) is 14.2. The van der Waals surface area contributed by atoms with E-state index in [2.05, 4.69) is 5.32 Å². The number of amides is 1. The van der Waals surface area contributed by atoms with Gasteiger partial charge in [-0.1, -0.05) is 12.1 Å². The summed E-state index contributed by atoms with van der Waals surface area (Å²) in [6.45, 7) is 4.73. The highest BCUT2D eigenvalue weighted by molar-refractivity contribution is 5.91. The van der Waals surface area contributed by atoms with Crippen LogP contribution in [-0.2, 0) is 4.79 Å². The van der Waals surface area contributed by atoms with Crippen LogP contribution in [0.5, 0.6) is 5.75 Å². The number of aryl methyl sites for hydroxylation is 2. The van der Waals surface area contributed by atoms with E-state index in [1.54, 1.807) is 18.2 Å². The van der Waals surface area contributed by atoms with Crippen LogP contribution >= 0.6 is 0 Å². The Hall–Kier alpha value is -3.15. The quantitative estimate of drug-likeness (QED) is 0.362. The number of benzene rings is 2. The molecule has 0 aliphatic heterocycles. The standard InChI is InChI=1S/C19H20N2O4/c1-14-3-4-15(2)18(13-14)25-12-11-20-19(22)10-7-16-5-8-17(9-6-16)21(23)24/h3-10,13H,11-12H2,1-2H3,(H,20,22)/b10-7+. The molecule has 0 saturated carbocycles. The second kappa shape index (κ2) is 8.63. The van der Waals surface area contributed by atoms with Gasteiger partial charge in [0, 0.05) is 18.2 Å². The highest BCUT2D eigenvalue weighted by atomic mass is 16.6. The molecule has 0 bridgehead atoms. The summed E-state index contributed by atoms with van der Waals surface area (Å²) in [6, 6.07) is 12.0. The van der Waals surface area contributed by atoms with Gasteiger partial charge in [-0.25, -0.2) is 0 Å². The zero-order chi connectivity index (χ0) is 18.2. The van der Waals surface area contributed by atoms with Crippen molar-refractivity contribution >= 4 is 17.7 Å². The van der Waals surface area contributed by atoms with E-state index in [0.29, 0.717) is 18.7 Å². The zero-order valence-corrected chi connectivity index (χ0v) is 14.2. The average Bonchev–Trinajstić information content (AvgIpc) is 2.60. The molecule has 0 heterocycles. The third-order valence-electron chi connectivity index (χ3n) is 3.53. The van der Waals surface area contributed by atoms with Gasteiger partial charge in [-0.15, -0.1) is 0 Å². The first-order valence-electron chi connectivity index (χ1n) is 7.86. The van der Waals surface area contributed by atoms with Crippen LogP contribution in [0.2, 0.25) is 0 Å². The Morgan fingerprint density at radius 2 is 1.92 bits per heavy atom. The van der Waals surface area contributed by atoms with E-state index < -0.39 is 4.92 Å². The minimum atomic E-state index is -0.462. The van der Waals surface area contributed by atoms with Crippen molar-refractivity contribution in [3.05, 3.63) is 75.3 Å². The number of carbonyl (C=O) groups is 1. The van der Waals surface area contributed by atoms with Gasteiger partial charge in [0.2, 0.25) is 5.91 Å². The summed E-state index contributed by atoms with van der Waals surface area (Å²) in [7, 11) is 0. The first-order valence-corrected chi connectivity index (χ1v) is 7.86. The Morgan fingerprint density at radius 3 is 2.60 bits per heavy atom. The van der Waals surface area contributed by atoms with Crippen molar-refractivity contribution < 1.29 is 14.5 Å². The predicted octanol–water partition coefficient (Wildman–Crippen LogP) is 3.42. The number of hydrogen-bond donors (Lipinski definition) is 1. The fraction of sp³-hybridized carbons (Fsp3) is 0.211. The molecule has 0 atom stereocenters. The molecule has 0 unspecified atom stereocenters. The smallest absolute Gasteiger partial charge is 0.269 e. The van der Waals surface area contributed by atoms with Crippen LogP contribution in [0.25, 0.3) is 6.08 Å². The predicted molar refractivity (Wildman–Crippen MR) is 96.6 cm³/mol. The summed E-state index contributed by atoms with van der Waals surface area (Å²) < 4.78 is 5.66. The molecule has 1 N–H and O–H groups in total. The number of ether oxygens (including phenoxy) is 1. The number of nitrogens with zero attached hydrogens (tertiary/aromatic N) is 1. The number of carbonyl (C=O) groups excluding carboxylic acids is 1. The summed E-state index contributed by atoms with van der Waals surface area (Å²) in [5.74, 6) is 0.568. The highest BCUT2D eigenvalue weighted by Crippen LogP contribution is 2.18. The van der Waals surface area contributed by atoms with Crippen LogP contribution in [-0.4, -0.2) is 24.0 Å². The summed E-state index contributed by atoms with van der Waals surface area (Å²) >= 11 is 0. The topological polar surface area (TPSA) is 81.5 Å². The molecule has 2 rings (SSSR count). The second-order valence-electron chi connectivity index (χ2n) is 5.59. The van der Waals surface area contributed by atoms with Gasteiger partial charge in [0.15, 0.2) is 0 Å². The Balaban J connectivity index is 1.76. The number of non-ortho nitro benzene ring substituents is 1. The molecule has 130 valence electrons. The van der Waals surface area contributed by atoms with Crippen LogP contribution in [0.3, 0.4) is 0 Å². The molecule has 0 saturated heterocycles. The normalized spacial score (nSPS) is 10.6. The fourth-order valence-corrected chi connectivity index (χ4v) is 2.14. The lowest BCUT2D eigenvalue weighted by Gasteiger charge is -2.10. The molecule has 2 aromatic carbocycles. The summed E-state index contributed by atoms with van der Waals surface area (Å²) in [6.07, 6.45) is 2.99. The third-order valence-corrected chi connectivity index (χ3v) is 3.53. The van der Waals surface area contributed by atoms with Crippen molar-refractivity contribution in [2.75, 3.05) is 13.2 Å². The van der Waals surface area contributed by atoms with Crippen LogP contribution in [0, 0.1) is 24.0 Å². The molecule has 6 heteroatoms. The fourth-order valence-electron chi connectivity index (χ4n) is 2.14. The van der Waals surface area contributed by atoms with Crippen LogP contribution in [0.4, 0.5) is 5.69 Å². The van der Waals surface area contributed by atoms with Crippen molar-refractivity contribution in [3.8, 4) is 5.75 Å². The number of hydrogen-bond acceptors (Lipinski definition) is 4. The van der Waals surface area contributed by atoms with E-state index in [-0.39, 0.29) is 11.6 Å². The molecule has 0 aromatic heterocycles. The van der Waals surface area contributed by atoms with Crippen molar-refractivity contribution in [1.29, 1.82) is 0 Å². The van der Waals surface area contributed by atoms with E-state index in [4.69, 9.17) is 4.74 Å². The van der Waals surface area contributed by atoms with E-state index in [0.717, 1.165) is 16.9 Å². The Bertz CT molecular complexity index is 783. The molecular formula is C19H20N2O4. The van der Waals surface area contributed by atoms with E-state index in [1.165, 1.54) is 18.2 Å². The van der Waals surface area contributed by atoms with E-state index in [1.807, 2.05) is 32.0 Å². The minimum absolute atomic E-state index is 0.0187. The summed E-state index contributed by atoms with van der Waals surface area (Å²) in [5.41, 5.74) is 2.91. The van der Waals surface area contributed by atoms with Gasteiger partial charge < -0.3 is 10.1 Å². The number of nitro groups is 1. The lowest BCUT2D eigenvalue weighted by molar-refractivity contribution is -0.384. The summed E-state index contributed by atoms with van der Waals surface area (Å²) in [5, 5.41) is 13.3. The first kappa shape index (κ1) is 18.2. The van der Waals surface area contributed by atoms with Gasteiger partial charge in [0.25, 0.3) is 5.69 Å². The molecule has 6 nitrogen and oxygen atoms in total. The number of nitro benzene ring substituents is 1. The number of rotatable bonds is 7. The molecule has 0 spiro atoms. The summed E-state index contributed by atoms with van der Waals surface area (Å²) in [4.78, 5) is 21.9. The molecule has 0 aliphatic carbocycles. The Kier molecular flexibility index (Phi) is 6.28. The van der Waals surface area contributed by atoms with Crippen molar-refractivity contribution in [1.82, 2.24) is 5.32 Å². The second-order valence-corrected chi connectivity index (χ2v) is 5.59. The molecule has 0 radical (unpaired) electrons. The van der Waals surface area contributed by atoms with Crippen molar-refractivity contribution in [2.45, 2.75) is 13.8 Å². The van der Waals surface area contributed by atoms with Gasteiger partial charge in [-0.3, -0.25) is 14.9 Å². The highest BCUT2D eigenvalue weighted by Gasteiger charge is 2.03. The molecular weight excluding hydrogens is 320 g/mol. The van der Waals surface area contributed by atoms with Gasteiger partial charge in [0.05, 0.1) is 11.5 Å². The number of nitrogens with one attached hydrogen (secondary N) is 1. The molecule has 0 aliphatic rings. The van der Waals surface area contributed by atoms with Crippen LogP contribution < -0.4 is 10.1 Å². The van der Waals surface area contributed by atoms with Gasteiger partial charge >= 0.3 is 0 Å². The molecule has 2 aromatic rings. The SMILES string of the molecule is Cc1ccc(C)c(OCCNC(=O)/C=C/c2ccc([N+](=O)[O-])cc2)c1. The third kappa shape index (κ3) is 5.76. The maximum Gasteiger partial charge on any atom is 0.269 e. The van der Waals surface area contributed by atoms with E-state index in [9.17, 15) is 14.9 Å². The van der Waals surface area contributed by atoms with Gasteiger partial charge in [0.1, 0.15) is 12.4 Å². The van der Waals surface area contributed by atoms with Crippen molar-refractivity contribution in [2.24, 2.45) is 0 Å². The molecule has 0 fully saturated rings. The average molecular weight is 340 g/mol. The lowest BCUT2D eigenvalue weighted by atomic mass is 10.1. The largest absolute Gasteiger partial charge is 0.491 e. The monoisotopic (exact) mass is 340 g/mol. The Morgan fingerprint density at radius 1 is 1.20 bits per heavy atom.